The van der Waals surface area contributed by atoms with Gasteiger partial charge in [-0.2, -0.15) is 0 Å². The fourth-order valence-corrected chi connectivity index (χ4v) is 1.25. The highest BCUT2D eigenvalue weighted by Gasteiger charge is 1.96. The van der Waals surface area contributed by atoms with Crippen molar-refractivity contribution in [3.05, 3.63) is 24.0 Å². The Morgan fingerprint density at radius 3 is 3.00 bits per heavy atom. The molecule has 0 amide bonds. The molecule has 0 radical (unpaired) electrons. The van der Waals surface area contributed by atoms with Crippen LogP contribution < -0.4 is 4.74 Å². The van der Waals surface area contributed by atoms with E-state index in [0.717, 1.165) is 18.6 Å². The second-order valence-corrected chi connectivity index (χ2v) is 3.13. The standard InChI is InChI=1S/C10H14ClNO/c1-2-13-10-6-9(4-3-5-11)7-12-8-10/h6-8H,2-5H2,1H3. The van der Waals surface area contributed by atoms with Gasteiger partial charge in [0, 0.05) is 12.1 Å². The van der Waals surface area contributed by atoms with Gasteiger partial charge in [0.05, 0.1) is 12.8 Å². The van der Waals surface area contributed by atoms with Crippen molar-refractivity contribution in [3.63, 3.8) is 0 Å². The fraction of sp³-hybridized carbons (Fsp3) is 0.500. The molecular weight excluding hydrogens is 186 g/mol. The average Bonchev–Trinajstić information content (AvgIpc) is 2.16. The number of hydrogen-bond donors (Lipinski definition) is 0. The zero-order valence-corrected chi connectivity index (χ0v) is 8.55. The number of hydrogen-bond acceptors (Lipinski definition) is 2. The highest BCUT2D eigenvalue weighted by Crippen LogP contribution is 2.12. The summed E-state index contributed by atoms with van der Waals surface area (Å²) in [7, 11) is 0. The van der Waals surface area contributed by atoms with E-state index in [1.54, 1.807) is 6.20 Å². The number of aryl methyl sites for hydroxylation is 1. The first-order valence-electron chi connectivity index (χ1n) is 4.49. The van der Waals surface area contributed by atoms with Crippen molar-refractivity contribution < 1.29 is 4.74 Å². The van der Waals surface area contributed by atoms with Gasteiger partial charge in [0.1, 0.15) is 5.75 Å². The minimum atomic E-state index is 0.681. The normalized spacial score (nSPS) is 10.0. The molecule has 0 saturated carbocycles. The summed E-state index contributed by atoms with van der Waals surface area (Å²) in [5.41, 5.74) is 1.19. The van der Waals surface area contributed by atoms with Crippen LogP contribution in [0.4, 0.5) is 0 Å². The lowest BCUT2D eigenvalue weighted by Gasteiger charge is -2.04. The molecule has 0 aromatic carbocycles. The van der Waals surface area contributed by atoms with Gasteiger partial charge in [-0.05, 0) is 31.4 Å². The molecule has 13 heavy (non-hydrogen) atoms. The van der Waals surface area contributed by atoms with Gasteiger partial charge in [0.25, 0.3) is 0 Å². The van der Waals surface area contributed by atoms with Gasteiger partial charge in [-0.3, -0.25) is 4.98 Å². The van der Waals surface area contributed by atoms with Gasteiger partial charge in [-0.25, -0.2) is 0 Å². The van der Waals surface area contributed by atoms with E-state index in [1.807, 2.05) is 19.2 Å². The van der Waals surface area contributed by atoms with Crippen LogP contribution in [0.15, 0.2) is 18.5 Å². The molecule has 1 aromatic heterocycles. The fourth-order valence-electron chi connectivity index (χ4n) is 1.12. The lowest BCUT2D eigenvalue weighted by atomic mass is 10.2. The van der Waals surface area contributed by atoms with Crippen LogP contribution in [-0.2, 0) is 6.42 Å². The van der Waals surface area contributed by atoms with E-state index >= 15 is 0 Å². The number of alkyl halides is 1. The Bertz CT molecular complexity index is 252. The minimum absolute atomic E-state index is 0.681. The smallest absolute Gasteiger partial charge is 0.137 e. The molecule has 0 fully saturated rings. The minimum Gasteiger partial charge on any atom is -0.492 e. The molecule has 72 valence electrons. The summed E-state index contributed by atoms with van der Waals surface area (Å²) in [5.74, 6) is 1.54. The number of halogens is 1. The molecule has 0 aliphatic rings. The molecule has 0 aliphatic heterocycles. The Hall–Kier alpha value is -0.760. The number of aromatic nitrogens is 1. The molecular formula is C10H14ClNO. The molecule has 0 saturated heterocycles. The van der Waals surface area contributed by atoms with E-state index in [9.17, 15) is 0 Å². The molecule has 1 rings (SSSR count). The summed E-state index contributed by atoms with van der Waals surface area (Å²) in [5, 5.41) is 0. The van der Waals surface area contributed by atoms with Gasteiger partial charge < -0.3 is 4.74 Å². The Balaban J connectivity index is 2.56. The Morgan fingerprint density at radius 2 is 2.31 bits per heavy atom. The predicted molar refractivity (Wildman–Crippen MR) is 54.4 cm³/mol. The van der Waals surface area contributed by atoms with E-state index in [2.05, 4.69) is 4.98 Å². The topological polar surface area (TPSA) is 22.1 Å². The highest BCUT2D eigenvalue weighted by molar-refractivity contribution is 6.17. The van der Waals surface area contributed by atoms with Crippen molar-refractivity contribution in [2.24, 2.45) is 0 Å². The summed E-state index contributed by atoms with van der Waals surface area (Å²) in [4.78, 5) is 4.09. The zero-order valence-electron chi connectivity index (χ0n) is 7.79. The molecule has 0 aliphatic carbocycles. The Labute approximate surface area is 83.9 Å². The number of pyridine rings is 1. The van der Waals surface area contributed by atoms with Crippen LogP contribution in [0.5, 0.6) is 5.75 Å². The third-order valence-corrected chi connectivity index (χ3v) is 1.95. The van der Waals surface area contributed by atoms with E-state index < -0.39 is 0 Å². The monoisotopic (exact) mass is 199 g/mol. The van der Waals surface area contributed by atoms with Crippen LogP contribution in [0.2, 0.25) is 0 Å². The highest BCUT2D eigenvalue weighted by atomic mass is 35.5. The maximum Gasteiger partial charge on any atom is 0.137 e. The van der Waals surface area contributed by atoms with Crippen molar-refractivity contribution in [1.29, 1.82) is 0 Å². The summed E-state index contributed by atoms with van der Waals surface area (Å²) in [6.07, 6.45) is 5.54. The summed E-state index contributed by atoms with van der Waals surface area (Å²) in [6, 6.07) is 2.02. The van der Waals surface area contributed by atoms with Crippen LogP contribution in [0.1, 0.15) is 18.9 Å². The summed E-state index contributed by atoms with van der Waals surface area (Å²) in [6.45, 7) is 2.64. The Kier molecular flexibility index (Phi) is 4.61. The third-order valence-electron chi connectivity index (χ3n) is 1.68. The van der Waals surface area contributed by atoms with Crippen LogP contribution in [0.3, 0.4) is 0 Å². The van der Waals surface area contributed by atoms with Gasteiger partial charge >= 0.3 is 0 Å². The summed E-state index contributed by atoms with van der Waals surface area (Å²) >= 11 is 5.60. The quantitative estimate of drug-likeness (QED) is 0.681. The van der Waals surface area contributed by atoms with E-state index in [1.165, 1.54) is 5.56 Å². The number of ether oxygens (including phenoxy) is 1. The van der Waals surface area contributed by atoms with Crippen molar-refractivity contribution >= 4 is 11.6 Å². The molecule has 2 nitrogen and oxygen atoms in total. The summed E-state index contributed by atoms with van der Waals surface area (Å²) < 4.78 is 5.33. The molecule has 3 heteroatoms. The number of rotatable bonds is 5. The van der Waals surface area contributed by atoms with E-state index in [-0.39, 0.29) is 0 Å². The lowest BCUT2D eigenvalue weighted by molar-refractivity contribution is 0.338. The maximum atomic E-state index is 5.60. The van der Waals surface area contributed by atoms with Crippen LogP contribution in [-0.4, -0.2) is 17.5 Å². The van der Waals surface area contributed by atoms with Gasteiger partial charge in [-0.15, -0.1) is 11.6 Å². The van der Waals surface area contributed by atoms with Gasteiger partial charge in [0.2, 0.25) is 0 Å². The first kappa shape index (κ1) is 10.3. The van der Waals surface area contributed by atoms with Gasteiger partial charge in [0.15, 0.2) is 0 Å². The van der Waals surface area contributed by atoms with Crippen LogP contribution >= 0.6 is 11.6 Å². The Morgan fingerprint density at radius 1 is 1.46 bits per heavy atom. The van der Waals surface area contributed by atoms with Crippen molar-refractivity contribution in [3.8, 4) is 5.75 Å². The average molecular weight is 200 g/mol. The second kappa shape index (κ2) is 5.81. The SMILES string of the molecule is CCOc1cncc(CCCCl)c1. The largest absolute Gasteiger partial charge is 0.492 e. The first-order chi connectivity index (χ1) is 6.36. The zero-order chi connectivity index (χ0) is 9.52. The lowest BCUT2D eigenvalue weighted by Crippen LogP contribution is -1.94. The van der Waals surface area contributed by atoms with Crippen molar-refractivity contribution in [1.82, 2.24) is 4.98 Å². The second-order valence-electron chi connectivity index (χ2n) is 2.75. The molecule has 1 aromatic rings. The van der Waals surface area contributed by atoms with Crippen molar-refractivity contribution in [2.45, 2.75) is 19.8 Å². The molecule has 1 heterocycles. The molecule has 0 atom stereocenters. The number of nitrogens with zero attached hydrogens (tertiary/aromatic N) is 1. The van der Waals surface area contributed by atoms with E-state index in [0.29, 0.717) is 12.5 Å². The first-order valence-corrected chi connectivity index (χ1v) is 5.03. The molecule has 0 spiro atoms. The van der Waals surface area contributed by atoms with Gasteiger partial charge in [-0.1, -0.05) is 0 Å². The molecule has 0 unspecified atom stereocenters. The molecule has 0 N–H and O–H groups in total. The molecule has 0 bridgehead atoms. The maximum absolute atomic E-state index is 5.60. The van der Waals surface area contributed by atoms with Crippen molar-refractivity contribution in [2.75, 3.05) is 12.5 Å². The predicted octanol–water partition coefficient (Wildman–Crippen LogP) is 2.65. The third kappa shape index (κ3) is 3.64. The van der Waals surface area contributed by atoms with E-state index in [4.69, 9.17) is 16.3 Å². The van der Waals surface area contributed by atoms with Crippen LogP contribution in [0.25, 0.3) is 0 Å². The van der Waals surface area contributed by atoms with Crippen LogP contribution in [0, 0.1) is 0 Å².